The minimum absolute atomic E-state index is 0.251. The molecule has 0 saturated heterocycles. The van der Waals surface area contributed by atoms with Gasteiger partial charge in [0.2, 0.25) is 5.91 Å². The van der Waals surface area contributed by atoms with Crippen LogP contribution in [0.2, 0.25) is 0 Å². The van der Waals surface area contributed by atoms with Crippen LogP contribution in [-0.4, -0.2) is 22.0 Å². The maximum Gasteiger partial charge on any atom is 0.272 e. The topological polar surface area (TPSA) is 101 Å². The molecule has 0 bridgehead atoms. The number of primary amides is 1. The van der Waals surface area contributed by atoms with Gasteiger partial charge in [0.15, 0.2) is 0 Å². The van der Waals surface area contributed by atoms with Crippen molar-refractivity contribution in [2.45, 2.75) is 25.8 Å². The van der Waals surface area contributed by atoms with Gasteiger partial charge in [-0.15, -0.1) is 0 Å². The molecule has 2 rings (SSSR count). The van der Waals surface area contributed by atoms with E-state index in [-0.39, 0.29) is 5.69 Å². The molecule has 1 atom stereocenters. The minimum atomic E-state index is -0.870. The molecule has 1 aromatic heterocycles. The van der Waals surface area contributed by atoms with Crippen LogP contribution >= 0.6 is 0 Å². The normalized spacial score (nSPS) is 11.9. The van der Waals surface area contributed by atoms with Gasteiger partial charge in [0.1, 0.15) is 11.7 Å². The van der Waals surface area contributed by atoms with Crippen molar-refractivity contribution in [3.8, 4) is 0 Å². The highest BCUT2D eigenvalue weighted by Crippen LogP contribution is 2.13. The smallest absolute Gasteiger partial charge is 0.272 e. The molecular weight excluding hydrogens is 268 g/mol. The average Bonchev–Trinajstić information content (AvgIpc) is 2.94. The van der Waals surface area contributed by atoms with E-state index in [1.165, 1.54) is 0 Å². The van der Waals surface area contributed by atoms with E-state index in [9.17, 15) is 9.59 Å². The van der Waals surface area contributed by atoms with Gasteiger partial charge in [-0.1, -0.05) is 43.7 Å². The summed E-state index contributed by atoms with van der Waals surface area (Å²) in [5.74, 6) is -1.04. The van der Waals surface area contributed by atoms with Crippen LogP contribution in [0.4, 0.5) is 0 Å². The van der Waals surface area contributed by atoms with Crippen LogP contribution in [0.25, 0.3) is 0 Å². The van der Waals surface area contributed by atoms with Crippen LogP contribution in [0.5, 0.6) is 0 Å². The highest BCUT2D eigenvalue weighted by molar-refractivity contribution is 5.96. The molecule has 4 N–H and O–H groups in total. The molecule has 0 aliphatic rings. The molecular formula is C15H18N4O2. The Hall–Kier alpha value is -2.63. The van der Waals surface area contributed by atoms with Gasteiger partial charge in [0.25, 0.3) is 5.91 Å². The van der Waals surface area contributed by atoms with E-state index in [1.54, 1.807) is 30.3 Å². The second-order valence-corrected chi connectivity index (χ2v) is 4.75. The number of carbonyl (C=O) groups is 2. The fourth-order valence-electron chi connectivity index (χ4n) is 2.04. The highest BCUT2D eigenvalue weighted by atomic mass is 16.2. The molecule has 0 radical (unpaired) electrons. The van der Waals surface area contributed by atoms with Gasteiger partial charge in [-0.2, -0.15) is 5.10 Å². The maximum atomic E-state index is 12.1. The number of nitrogens with two attached hydrogens (primary N) is 1. The second-order valence-electron chi connectivity index (χ2n) is 4.75. The molecule has 0 fully saturated rings. The average molecular weight is 286 g/mol. The molecule has 2 amide bonds. The number of benzene rings is 1. The number of nitrogens with one attached hydrogen (secondary N) is 2. The number of aromatic amines is 1. The lowest BCUT2D eigenvalue weighted by molar-refractivity contribution is -0.120. The van der Waals surface area contributed by atoms with Gasteiger partial charge >= 0.3 is 0 Å². The van der Waals surface area contributed by atoms with E-state index in [4.69, 9.17) is 5.73 Å². The zero-order valence-corrected chi connectivity index (χ0v) is 11.8. The predicted octanol–water partition coefficient (Wildman–Crippen LogP) is 1.32. The highest BCUT2D eigenvalue weighted by Gasteiger charge is 2.21. The standard InChI is InChI=1S/C15H18N4O2/c1-2-6-11-9-12(19-18-11)15(21)17-13(14(16)20)10-7-4-3-5-8-10/h3-5,7-9,13H,2,6H2,1H3,(H2,16,20)(H,17,21)(H,18,19)/t13-/m0/s1. The summed E-state index contributed by atoms with van der Waals surface area (Å²) in [6, 6.07) is 9.68. The Morgan fingerprint density at radius 2 is 2.05 bits per heavy atom. The molecule has 21 heavy (non-hydrogen) atoms. The van der Waals surface area contributed by atoms with Crippen LogP contribution in [-0.2, 0) is 11.2 Å². The SMILES string of the molecule is CCCc1cc(C(=O)N[C@H](C(N)=O)c2ccccc2)n[nH]1. The molecule has 0 spiro atoms. The third-order valence-corrected chi connectivity index (χ3v) is 3.08. The van der Waals surface area contributed by atoms with Crippen LogP contribution in [0.15, 0.2) is 36.4 Å². The Kier molecular flexibility index (Phi) is 4.71. The van der Waals surface area contributed by atoms with Crippen molar-refractivity contribution in [3.05, 3.63) is 53.3 Å². The van der Waals surface area contributed by atoms with Crippen molar-refractivity contribution < 1.29 is 9.59 Å². The molecule has 0 aliphatic heterocycles. The molecule has 0 aliphatic carbocycles. The Labute approximate surface area is 122 Å². The van der Waals surface area contributed by atoms with Crippen molar-refractivity contribution in [1.29, 1.82) is 0 Å². The van der Waals surface area contributed by atoms with Crippen molar-refractivity contribution in [2.24, 2.45) is 5.73 Å². The molecule has 1 aromatic carbocycles. The molecule has 0 unspecified atom stereocenters. The second kappa shape index (κ2) is 6.69. The number of rotatable bonds is 6. The molecule has 6 nitrogen and oxygen atoms in total. The first-order valence-electron chi connectivity index (χ1n) is 6.81. The number of hydrogen-bond acceptors (Lipinski definition) is 3. The van der Waals surface area contributed by atoms with Crippen molar-refractivity contribution in [2.75, 3.05) is 0 Å². The van der Waals surface area contributed by atoms with Gasteiger partial charge < -0.3 is 11.1 Å². The van der Waals surface area contributed by atoms with E-state index < -0.39 is 17.9 Å². The fraction of sp³-hybridized carbons (Fsp3) is 0.267. The molecule has 6 heteroatoms. The van der Waals surface area contributed by atoms with Crippen molar-refractivity contribution in [1.82, 2.24) is 15.5 Å². The monoisotopic (exact) mass is 286 g/mol. The van der Waals surface area contributed by atoms with Gasteiger partial charge in [-0.3, -0.25) is 14.7 Å². The summed E-state index contributed by atoms with van der Waals surface area (Å²) in [5, 5.41) is 9.36. The van der Waals surface area contributed by atoms with Gasteiger partial charge in [0.05, 0.1) is 0 Å². The Morgan fingerprint density at radius 3 is 2.67 bits per heavy atom. The van der Waals surface area contributed by atoms with Crippen molar-refractivity contribution >= 4 is 11.8 Å². The van der Waals surface area contributed by atoms with Crippen LogP contribution in [0, 0.1) is 0 Å². The van der Waals surface area contributed by atoms with E-state index in [2.05, 4.69) is 15.5 Å². The summed E-state index contributed by atoms with van der Waals surface area (Å²) < 4.78 is 0. The first-order chi connectivity index (χ1) is 10.1. The lowest BCUT2D eigenvalue weighted by atomic mass is 10.1. The van der Waals surface area contributed by atoms with Crippen LogP contribution < -0.4 is 11.1 Å². The maximum absolute atomic E-state index is 12.1. The number of aromatic nitrogens is 2. The molecule has 110 valence electrons. The molecule has 2 aromatic rings. The molecule has 0 saturated carbocycles. The third-order valence-electron chi connectivity index (χ3n) is 3.08. The van der Waals surface area contributed by atoms with Crippen LogP contribution in [0.1, 0.15) is 41.1 Å². The Balaban J connectivity index is 2.13. The quantitative estimate of drug-likeness (QED) is 0.746. The van der Waals surface area contributed by atoms with Gasteiger partial charge in [-0.25, -0.2) is 0 Å². The van der Waals surface area contributed by atoms with Gasteiger partial charge in [-0.05, 0) is 18.1 Å². The summed E-state index contributed by atoms with van der Waals surface area (Å²) in [6.45, 7) is 2.04. The van der Waals surface area contributed by atoms with E-state index in [0.29, 0.717) is 5.56 Å². The summed E-state index contributed by atoms with van der Waals surface area (Å²) in [5.41, 5.74) is 7.15. The number of amides is 2. The number of nitrogens with zero attached hydrogens (tertiary/aromatic N) is 1. The summed E-state index contributed by atoms with van der Waals surface area (Å²) in [6.07, 6.45) is 1.77. The van der Waals surface area contributed by atoms with E-state index in [1.807, 2.05) is 13.0 Å². The fourth-order valence-corrected chi connectivity index (χ4v) is 2.04. The lowest BCUT2D eigenvalue weighted by Gasteiger charge is -2.14. The summed E-state index contributed by atoms with van der Waals surface area (Å²) in [4.78, 5) is 23.7. The van der Waals surface area contributed by atoms with E-state index >= 15 is 0 Å². The number of carbonyl (C=O) groups excluding carboxylic acids is 2. The van der Waals surface area contributed by atoms with Crippen molar-refractivity contribution in [3.63, 3.8) is 0 Å². The number of hydrogen-bond donors (Lipinski definition) is 3. The minimum Gasteiger partial charge on any atom is -0.368 e. The first-order valence-corrected chi connectivity index (χ1v) is 6.81. The third kappa shape index (κ3) is 3.68. The van der Waals surface area contributed by atoms with Gasteiger partial charge in [0, 0.05) is 5.69 Å². The Bertz CT molecular complexity index is 622. The number of H-pyrrole nitrogens is 1. The Morgan fingerprint density at radius 1 is 1.33 bits per heavy atom. The zero-order chi connectivity index (χ0) is 15.2. The first kappa shape index (κ1) is 14.8. The zero-order valence-electron chi connectivity index (χ0n) is 11.8. The largest absolute Gasteiger partial charge is 0.368 e. The lowest BCUT2D eigenvalue weighted by Crippen LogP contribution is -2.37. The van der Waals surface area contributed by atoms with E-state index in [0.717, 1.165) is 18.5 Å². The predicted molar refractivity (Wildman–Crippen MR) is 78.4 cm³/mol. The summed E-state index contributed by atoms with van der Waals surface area (Å²) in [7, 11) is 0. The van der Waals surface area contributed by atoms with Crippen LogP contribution in [0.3, 0.4) is 0 Å². The number of aryl methyl sites for hydroxylation is 1. The summed E-state index contributed by atoms with van der Waals surface area (Å²) >= 11 is 0. The molecule has 1 heterocycles.